The van der Waals surface area contributed by atoms with Crippen molar-refractivity contribution in [1.29, 1.82) is 0 Å². The lowest BCUT2D eigenvalue weighted by Crippen LogP contribution is -2.19. The molecule has 0 aromatic heterocycles. The summed E-state index contributed by atoms with van der Waals surface area (Å²) in [5.74, 6) is 0.488. The molecule has 0 saturated carbocycles. The zero-order chi connectivity index (χ0) is 13.5. The quantitative estimate of drug-likeness (QED) is 0.853. The van der Waals surface area contributed by atoms with Gasteiger partial charge in [0.1, 0.15) is 13.2 Å². The monoisotopic (exact) mass is 273 g/mol. The molecule has 19 heavy (non-hydrogen) atoms. The van der Waals surface area contributed by atoms with Crippen LogP contribution in [0.4, 0.5) is 13.2 Å². The van der Waals surface area contributed by atoms with Gasteiger partial charge in [0.05, 0.1) is 5.56 Å². The first-order valence-corrected chi connectivity index (χ1v) is 6.27. The van der Waals surface area contributed by atoms with Gasteiger partial charge in [-0.05, 0) is 36.6 Å². The van der Waals surface area contributed by atoms with Gasteiger partial charge in [0.2, 0.25) is 0 Å². The van der Waals surface area contributed by atoms with Crippen LogP contribution >= 0.6 is 0 Å². The van der Waals surface area contributed by atoms with Crippen molar-refractivity contribution in [2.24, 2.45) is 0 Å². The number of hydrogen-bond acceptors (Lipinski definition) is 3. The maximum absolute atomic E-state index is 13.2. The molecule has 1 aromatic carbocycles. The summed E-state index contributed by atoms with van der Waals surface area (Å²) in [6.07, 6.45) is -3.66. The van der Waals surface area contributed by atoms with Crippen LogP contribution in [0.15, 0.2) is 12.1 Å². The molecular weight excluding hydrogens is 259 g/mol. The van der Waals surface area contributed by atoms with Crippen molar-refractivity contribution in [3.8, 4) is 11.5 Å². The molecule has 0 spiro atoms. The van der Waals surface area contributed by atoms with Crippen LogP contribution in [0.25, 0.3) is 0 Å². The van der Waals surface area contributed by atoms with Gasteiger partial charge in [0.25, 0.3) is 0 Å². The molecule has 0 bridgehead atoms. The second kappa shape index (κ2) is 4.59. The summed E-state index contributed by atoms with van der Waals surface area (Å²) in [5.41, 5.74) is -0.299. The fourth-order valence-corrected chi connectivity index (χ4v) is 2.61. The molecule has 0 aliphatic carbocycles. The third-order valence-electron chi connectivity index (χ3n) is 3.52. The van der Waals surface area contributed by atoms with Crippen molar-refractivity contribution in [3.05, 3.63) is 23.3 Å². The van der Waals surface area contributed by atoms with E-state index in [0.29, 0.717) is 30.9 Å². The Bertz CT molecular complexity index is 482. The van der Waals surface area contributed by atoms with Gasteiger partial charge in [-0.3, -0.25) is 0 Å². The topological polar surface area (TPSA) is 30.5 Å². The highest BCUT2D eigenvalue weighted by molar-refractivity contribution is 5.50. The first-order valence-electron chi connectivity index (χ1n) is 6.27. The van der Waals surface area contributed by atoms with Crippen LogP contribution in [0.2, 0.25) is 0 Å². The predicted octanol–water partition coefficient (Wildman–Crippen LogP) is 2.55. The van der Waals surface area contributed by atoms with Crippen molar-refractivity contribution in [3.63, 3.8) is 0 Å². The molecule has 2 aliphatic rings. The molecule has 1 saturated heterocycles. The van der Waals surface area contributed by atoms with Gasteiger partial charge < -0.3 is 14.8 Å². The average Bonchev–Trinajstić information content (AvgIpc) is 2.90. The smallest absolute Gasteiger partial charge is 0.416 e. The van der Waals surface area contributed by atoms with Crippen molar-refractivity contribution < 1.29 is 22.6 Å². The normalized spacial score (nSPS) is 22.6. The molecule has 104 valence electrons. The Kier molecular flexibility index (Phi) is 3.05. The van der Waals surface area contributed by atoms with E-state index in [9.17, 15) is 13.2 Å². The van der Waals surface area contributed by atoms with E-state index in [1.165, 1.54) is 6.07 Å². The van der Waals surface area contributed by atoms with Gasteiger partial charge in [-0.15, -0.1) is 0 Å². The summed E-state index contributed by atoms with van der Waals surface area (Å²) < 4.78 is 50.1. The zero-order valence-electron chi connectivity index (χ0n) is 10.2. The first-order chi connectivity index (χ1) is 9.05. The van der Waals surface area contributed by atoms with E-state index < -0.39 is 11.7 Å². The van der Waals surface area contributed by atoms with Crippen LogP contribution < -0.4 is 14.8 Å². The molecule has 3 nitrogen and oxygen atoms in total. The molecule has 0 amide bonds. The number of halogens is 3. The van der Waals surface area contributed by atoms with Crippen molar-refractivity contribution in [2.75, 3.05) is 26.3 Å². The first kappa shape index (κ1) is 12.6. The van der Waals surface area contributed by atoms with Crippen molar-refractivity contribution >= 4 is 0 Å². The SMILES string of the molecule is FC(F)(F)c1cc2c(cc1C1CCNC1)OCCO2. The number of rotatable bonds is 1. The second-order valence-electron chi connectivity index (χ2n) is 4.77. The van der Waals surface area contributed by atoms with E-state index in [-0.39, 0.29) is 18.3 Å². The number of benzene rings is 1. The highest BCUT2D eigenvalue weighted by Gasteiger charge is 2.37. The van der Waals surface area contributed by atoms with Crippen LogP contribution in [-0.2, 0) is 6.18 Å². The molecule has 3 rings (SSSR count). The minimum Gasteiger partial charge on any atom is -0.486 e. The molecule has 0 radical (unpaired) electrons. The lowest BCUT2D eigenvalue weighted by molar-refractivity contribution is -0.138. The molecule has 1 N–H and O–H groups in total. The van der Waals surface area contributed by atoms with Gasteiger partial charge in [-0.1, -0.05) is 0 Å². The zero-order valence-corrected chi connectivity index (χ0v) is 10.2. The van der Waals surface area contributed by atoms with E-state index in [4.69, 9.17) is 9.47 Å². The van der Waals surface area contributed by atoms with E-state index >= 15 is 0 Å². The fourth-order valence-electron chi connectivity index (χ4n) is 2.61. The van der Waals surface area contributed by atoms with Crippen LogP contribution in [-0.4, -0.2) is 26.3 Å². The van der Waals surface area contributed by atoms with Crippen LogP contribution in [0.5, 0.6) is 11.5 Å². The number of ether oxygens (including phenoxy) is 2. The number of fused-ring (bicyclic) bond motifs is 1. The summed E-state index contributed by atoms with van der Waals surface area (Å²) in [7, 11) is 0. The third kappa shape index (κ3) is 2.36. The predicted molar refractivity (Wildman–Crippen MR) is 62.7 cm³/mol. The van der Waals surface area contributed by atoms with Gasteiger partial charge in [-0.25, -0.2) is 0 Å². The summed E-state index contributed by atoms with van der Waals surface area (Å²) in [6.45, 7) is 1.98. The molecule has 1 atom stereocenters. The minimum absolute atomic E-state index is 0.118. The standard InChI is InChI=1S/C13H14F3NO2/c14-13(15,16)10-6-12-11(18-3-4-19-12)5-9(10)8-1-2-17-7-8/h5-6,8,17H,1-4,7H2. The Balaban J connectivity index is 2.08. The Morgan fingerprint density at radius 1 is 1.11 bits per heavy atom. The number of alkyl halides is 3. The van der Waals surface area contributed by atoms with Crippen LogP contribution in [0.1, 0.15) is 23.5 Å². The summed E-state index contributed by atoms with van der Waals surface area (Å²) in [4.78, 5) is 0. The fraction of sp³-hybridized carbons (Fsp3) is 0.538. The third-order valence-corrected chi connectivity index (χ3v) is 3.52. The van der Waals surface area contributed by atoms with Crippen molar-refractivity contribution in [2.45, 2.75) is 18.5 Å². The Labute approximate surface area is 108 Å². The highest BCUT2D eigenvalue weighted by Crippen LogP contribution is 2.43. The molecule has 2 heterocycles. The maximum atomic E-state index is 13.2. The Morgan fingerprint density at radius 2 is 1.79 bits per heavy atom. The summed E-state index contributed by atoms with van der Waals surface area (Å²) in [6, 6.07) is 2.57. The largest absolute Gasteiger partial charge is 0.486 e. The minimum atomic E-state index is -4.37. The molecule has 1 unspecified atom stereocenters. The highest BCUT2D eigenvalue weighted by atomic mass is 19.4. The molecular formula is C13H14F3NO2. The molecule has 1 aromatic rings. The maximum Gasteiger partial charge on any atom is 0.416 e. The van der Waals surface area contributed by atoms with Crippen molar-refractivity contribution in [1.82, 2.24) is 5.32 Å². The second-order valence-corrected chi connectivity index (χ2v) is 4.77. The van der Waals surface area contributed by atoms with Gasteiger partial charge in [0.15, 0.2) is 11.5 Å². The van der Waals surface area contributed by atoms with Crippen LogP contribution in [0.3, 0.4) is 0 Å². The van der Waals surface area contributed by atoms with Gasteiger partial charge in [0, 0.05) is 6.54 Å². The van der Waals surface area contributed by atoms with Crippen LogP contribution in [0, 0.1) is 0 Å². The van der Waals surface area contributed by atoms with E-state index in [1.807, 2.05) is 0 Å². The number of hydrogen-bond donors (Lipinski definition) is 1. The van der Waals surface area contributed by atoms with E-state index in [2.05, 4.69) is 5.32 Å². The Morgan fingerprint density at radius 3 is 2.37 bits per heavy atom. The van der Waals surface area contributed by atoms with Gasteiger partial charge >= 0.3 is 6.18 Å². The molecule has 1 fully saturated rings. The lowest BCUT2D eigenvalue weighted by atomic mass is 9.92. The average molecular weight is 273 g/mol. The lowest BCUT2D eigenvalue weighted by Gasteiger charge is -2.24. The van der Waals surface area contributed by atoms with E-state index in [0.717, 1.165) is 12.6 Å². The molecule has 6 heteroatoms. The summed E-state index contributed by atoms with van der Waals surface area (Å²) >= 11 is 0. The number of nitrogens with one attached hydrogen (secondary N) is 1. The van der Waals surface area contributed by atoms with Gasteiger partial charge in [-0.2, -0.15) is 13.2 Å². The van der Waals surface area contributed by atoms with E-state index in [1.54, 1.807) is 0 Å². The Hall–Kier alpha value is -1.43. The summed E-state index contributed by atoms with van der Waals surface area (Å²) in [5, 5.41) is 3.09. The molecule has 2 aliphatic heterocycles.